The summed E-state index contributed by atoms with van der Waals surface area (Å²) in [5.74, 6) is 1.46. The highest BCUT2D eigenvalue weighted by Gasteiger charge is 2.27. The van der Waals surface area contributed by atoms with Crippen molar-refractivity contribution in [3.8, 4) is 0 Å². The normalized spacial score (nSPS) is 18.1. The van der Waals surface area contributed by atoms with Crippen LogP contribution in [0.3, 0.4) is 0 Å². The second kappa shape index (κ2) is 7.02. The summed E-state index contributed by atoms with van der Waals surface area (Å²) in [4.78, 5) is 14.7. The molecule has 2 aromatic heterocycles. The molecule has 1 amide bonds. The number of aryl methyl sites for hydroxylation is 1. The van der Waals surface area contributed by atoms with E-state index in [1.807, 2.05) is 7.05 Å². The molecule has 0 spiro atoms. The number of amides is 1. The van der Waals surface area contributed by atoms with E-state index in [9.17, 15) is 4.79 Å². The van der Waals surface area contributed by atoms with Gasteiger partial charge in [0.05, 0.1) is 24.0 Å². The van der Waals surface area contributed by atoms with Crippen LogP contribution in [0.25, 0.3) is 0 Å². The Morgan fingerprint density at radius 2 is 2.04 bits per heavy atom. The molecular formula is C19H26N4O2. The van der Waals surface area contributed by atoms with Crippen molar-refractivity contribution >= 4 is 5.91 Å². The van der Waals surface area contributed by atoms with Crippen LogP contribution in [0.5, 0.6) is 0 Å². The zero-order valence-corrected chi connectivity index (χ0v) is 14.9. The molecule has 4 rings (SSSR count). The first-order chi connectivity index (χ1) is 12.2. The van der Waals surface area contributed by atoms with Gasteiger partial charge >= 0.3 is 0 Å². The lowest BCUT2D eigenvalue weighted by atomic mass is 9.85. The number of H-pyrrole nitrogens is 1. The first-order valence-electron chi connectivity index (χ1n) is 9.49. The molecule has 0 aromatic carbocycles. The Morgan fingerprint density at radius 1 is 1.24 bits per heavy atom. The molecule has 2 heterocycles. The summed E-state index contributed by atoms with van der Waals surface area (Å²) in [5, 5.41) is 11.5. The van der Waals surface area contributed by atoms with Gasteiger partial charge < -0.3 is 9.42 Å². The summed E-state index contributed by atoms with van der Waals surface area (Å²) in [6, 6.07) is 0. The van der Waals surface area contributed by atoms with Crippen molar-refractivity contribution in [2.45, 2.75) is 70.3 Å². The maximum absolute atomic E-state index is 13.0. The Morgan fingerprint density at radius 3 is 2.88 bits per heavy atom. The second-order valence-electron chi connectivity index (χ2n) is 7.43. The topological polar surface area (TPSA) is 75.0 Å². The number of carbonyl (C=O) groups is 1. The molecule has 6 heteroatoms. The highest BCUT2D eigenvalue weighted by molar-refractivity contribution is 5.95. The van der Waals surface area contributed by atoms with Crippen molar-refractivity contribution < 1.29 is 9.32 Å². The van der Waals surface area contributed by atoms with E-state index in [4.69, 9.17) is 4.52 Å². The van der Waals surface area contributed by atoms with E-state index in [0.717, 1.165) is 49.3 Å². The van der Waals surface area contributed by atoms with E-state index >= 15 is 0 Å². The molecule has 2 aromatic rings. The van der Waals surface area contributed by atoms with Gasteiger partial charge in [0.15, 0.2) is 0 Å². The summed E-state index contributed by atoms with van der Waals surface area (Å²) in [7, 11) is 1.84. The molecule has 2 aliphatic carbocycles. The van der Waals surface area contributed by atoms with Crippen molar-refractivity contribution in [2.24, 2.45) is 0 Å². The van der Waals surface area contributed by atoms with Gasteiger partial charge in [-0.3, -0.25) is 9.89 Å². The predicted octanol–water partition coefficient (Wildman–Crippen LogP) is 3.60. The molecule has 0 unspecified atom stereocenters. The highest BCUT2D eigenvalue weighted by atomic mass is 16.5. The van der Waals surface area contributed by atoms with Gasteiger partial charge in [-0.25, -0.2) is 0 Å². The smallest absolute Gasteiger partial charge is 0.257 e. The van der Waals surface area contributed by atoms with Crippen molar-refractivity contribution in [1.29, 1.82) is 0 Å². The van der Waals surface area contributed by atoms with Gasteiger partial charge in [-0.15, -0.1) is 0 Å². The van der Waals surface area contributed by atoms with E-state index in [-0.39, 0.29) is 5.91 Å². The van der Waals surface area contributed by atoms with Gasteiger partial charge in [0, 0.05) is 24.9 Å². The summed E-state index contributed by atoms with van der Waals surface area (Å²) in [6.07, 6.45) is 12.0. The van der Waals surface area contributed by atoms with Gasteiger partial charge in [0.1, 0.15) is 11.5 Å². The lowest BCUT2D eigenvalue weighted by Crippen LogP contribution is -2.28. The molecule has 0 radical (unpaired) electrons. The minimum absolute atomic E-state index is 0.0156. The van der Waals surface area contributed by atoms with Gasteiger partial charge in [0.2, 0.25) is 0 Å². The van der Waals surface area contributed by atoms with Crippen molar-refractivity contribution in [1.82, 2.24) is 20.3 Å². The fourth-order valence-electron chi connectivity index (χ4n) is 4.24. The molecule has 25 heavy (non-hydrogen) atoms. The fraction of sp³-hybridized carbons (Fsp3) is 0.632. The van der Waals surface area contributed by atoms with Crippen LogP contribution in [0.15, 0.2) is 10.7 Å². The summed E-state index contributed by atoms with van der Waals surface area (Å²) in [5.41, 5.74) is 3.85. The van der Waals surface area contributed by atoms with Crippen LogP contribution in [0.4, 0.5) is 0 Å². The standard InChI is InChI=1S/C19H26N4O2/c1-23(12-16-14-9-5-6-10-17(14)25-22-16)19(24)15-11-20-21-18(15)13-7-3-2-4-8-13/h11,13H,2-10,12H2,1H3,(H,20,21). The Bertz CT molecular complexity index is 742. The highest BCUT2D eigenvalue weighted by Crippen LogP contribution is 2.33. The Kier molecular flexibility index (Phi) is 4.59. The molecule has 1 fully saturated rings. The van der Waals surface area contributed by atoms with Crippen molar-refractivity contribution in [3.05, 3.63) is 34.5 Å². The van der Waals surface area contributed by atoms with Crippen molar-refractivity contribution in [3.63, 3.8) is 0 Å². The van der Waals surface area contributed by atoms with Crippen LogP contribution in [-0.4, -0.2) is 33.2 Å². The SMILES string of the molecule is CN(Cc1noc2c1CCCC2)C(=O)c1cn[nH]c1C1CCCCC1. The average Bonchev–Trinajstić information content (AvgIpc) is 3.29. The van der Waals surface area contributed by atoms with Crippen molar-refractivity contribution in [2.75, 3.05) is 7.05 Å². The molecule has 0 atom stereocenters. The molecule has 1 saturated carbocycles. The minimum atomic E-state index is 0.0156. The third kappa shape index (κ3) is 3.22. The van der Waals surface area contributed by atoms with Crippen LogP contribution in [0.1, 0.15) is 83.9 Å². The third-order valence-electron chi connectivity index (χ3n) is 5.68. The number of fused-ring (bicyclic) bond motifs is 1. The minimum Gasteiger partial charge on any atom is -0.361 e. The maximum Gasteiger partial charge on any atom is 0.257 e. The molecule has 2 aliphatic rings. The van der Waals surface area contributed by atoms with E-state index in [1.54, 1.807) is 11.1 Å². The van der Waals surface area contributed by atoms with E-state index < -0.39 is 0 Å². The van der Waals surface area contributed by atoms with Crippen LogP contribution < -0.4 is 0 Å². The fourth-order valence-corrected chi connectivity index (χ4v) is 4.24. The van der Waals surface area contributed by atoms with Crippen LogP contribution in [0.2, 0.25) is 0 Å². The van der Waals surface area contributed by atoms with Gasteiger partial charge in [-0.2, -0.15) is 5.10 Å². The first-order valence-corrected chi connectivity index (χ1v) is 9.49. The number of rotatable bonds is 4. The number of hydrogen-bond acceptors (Lipinski definition) is 4. The van der Waals surface area contributed by atoms with Gasteiger partial charge in [-0.1, -0.05) is 24.4 Å². The third-order valence-corrected chi connectivity index (χ3v) is 5.68. The molecular weight excluding hydrogens is 316 g/mol. The number of carbonyl (C=O) groups excluding carboxylic acids is 1. The van der Waals surface area contributed by atoms with Gasteiger partial charge in [-0.05, 0) is 32.1 Å². The number of aromatic amines is 1. The maximum atomic E-state index is 13.0. The lowest BCUT2D eigenvalue weighted by Gasteiger charge is -2.23. The predicted molar refractivity (Wildman–Crippen MR) is 93.4 cm³/mol. The average molecular weight is 342 g/mol. The van der Waals surface area contributed by atoms with Gasteiger partial charge in [0.25, 0.3) is 5.91 Å². The Labute approximate surface area is 148 Å². The van der Waals surface area contributed by atoms with Crippen LogP contribution in [0, 0.1) is 0 Å². The molecule has 0 bridgehead atoms. The quantitative estimate of drug-likeness (QED) is 0.921. The van der Waals surface area contributed by atoms with E-state index in [2.05, 4.69) is 15.4 Å². The zero-order chi connectivity index (χ0) is 17.2. The summed E-state index contributed by atoms with van der Waals surface area (Å²) >= 11 is 0. The summed E-state index contributed by atoms with van der Waals surface area (Å²) < 4.78 is 5.47. The zero-order valence-electron chi connectivity index (χ0n) is 14.9. The second-order valence-corrected chi connectivity index (χ2v) is 7.43. The number of hydrogen-bond donors (Lipinski definition) is 1. The van der Waals surface area contributed by atoms with E-state index in [0.29, 0.717) is 18.0 Å². The Hall–Kier alpha value is -2.11. The number of nitrogens with one attached hydrogen (secondary N) is 1. The molecule has 0 saturated heterocycles. The van der Waals surface area contributed by atoms with Crippen LogP contribution in [-0.2, 0) is 19.4 Å². The Balaban J connectivity index is 1.49. The van der Waals surface area contributed by atoms with Crippen LogP contribution >= 0.6 is 0 Å². The molecule has 134 valence electrons. The first kappa shape index (κ1) is 16.4. The van der Waals surface area contributed by atoms with E-state index in [1.165, 1.54) is 31.2 Å². The number of nitrogens with zero attached hydrogens (tertiary/aromatic N) is 3. The molecule has 0 aliphatic heterocycles. The molecule has 1 N–H and O–H groups in total. The number of aromatic nitrogens is 3. The lowest BCUT2D eigenvalue weighted by molar-refractivity contribution is 0.0780. The summed E-state index contributed by atoms with van der Waals surface area (Å²) in [6.45, 7) is 0.493. The monoisotopic (exact) mass is 342 g/mol. The largest absolute Gasteiger partial charge is 0.361 e. The molecule has 6 nitrogen and oxygen atoms in total.